The average molecular weight is 307 g/mol. The molecule has 2 aliphatic rings. The summed E-state index contributed by atoms with van der Waals surface area (Å²) in [6.45, 7) is 3.57. The molecule has 2 aromatic carbocycles. The fourth-order valence-electron chi connectivity index (χ4n) is 2.91. The lowest BCUT2D eigenvalue weighted by molar-refractivity contribution is -0.130. The molecule has 0 spiro atoms. The average Bonchev–Trinajstić information content (AvgIpc) is 2.96. The summed E-state index contributed by atoms with van der Waals surface area (Å²) in [5.41, 5.74) is 1.22. The molecule has 0 saturated carbocycles. The predicted molar refractivity (Wildman–Crippen MR) is 89.1 cm³/mol. The minimum atomic E-state index is -0.383. The third-order valence-corrected chi connectivity index (χ3v) is 4.10. The SMILES string of the molecule is O=C1OC(c2cccc3ccccc23)=NC1=CN1CCNCC1. The van der Waals surface area contributed by atoms with Crippen molar-refractivity contribution in [3.63, 3.8) is 0 Å². The summed E-state index contributed by atoms with van der Waals surface area (Å²) in [5.74, 6) is -0.000323. The normalized spacial score (nSPS) is 20.0. The van der Waals surface area contributed by atoms with Crippen LogP contribution in [0.4, 0.5) is 0 Å². The van der Waals surface area contributed by atoms with Gasteiger partial charge in [-0.15, -0.1) is 0 Å². The smallest absolute Gasteiger partial charge is 0.365 e. The van der Waals surface area contributed by atoms with E-state index >= 15 is 0 Å². The Bertz CT molecular complexity index is 815. The highest BCUT2D eigenvalue weighted by Gasteiger charge is 2.26. The maximum Gasteiger partial charge on any atom is 0.365 e. The lowest BCUT2D eigenvalue weighted by atomic mass is 10.0. The zero-order valence-electron chi connectivity index (χ0n) is 12.7. The van der Waals surface area contributed by atoms with Crippen molar-refractivity contribution < 1.29 is 9.53 Å². The second kappa shape index (κ2) is 5.85. The van der Waals surface area contributed by atoms with E-state index in [4.69, 9.17) is 4.74 Å². The molecule has 4 rings (SSSR count). The van der Waals surface area contributed by atoms with Crippen LogP contribution in [0.25, 0.3) is 10.8 Å². The zero-order chi connectivity index (χ0) is 15.6. The first-order valence-corrected chi connectivity index (χ1v) is 7.77. The molecule has 2 heterocycles. The molecule has 1 N–H and O–H groups in total. The number of hydrogen-bond donors (Lipinski definition) is 1. The van der Waals surface area contributed by atoms with E-state index in [2.05, 4.69) is 15.2 Å². The first-order chi connectivity index (χ1) is 11.3. The van der Waals surface area contributed by atoms with Gasteiger partial charge < -0.3 is 15.0 Å². The van der Waals surface area contributed by atoms with Gasteiger partial charge in [0.25, 0.3) is 0 Å². The van der Waals surface area contributed by atoms with Crippen molar-refractivity contribution in [2.75, 3.05) is 26.2 Å². The van der Waals surface area contributed by atoms with E-state index in [1.165, 1.54) is 0 Å². The van der Waals surface area contributed by atoms with Crippen molar-refractivity contribution in [1.29, 1.82) is 0 Å². The van der Waals surface area contributed by atoms with Crippen LogP contribution in [0.3, 0.4) is 0 Å². The molecule has 0 aromatic heterocycles. The Morgan fingerprint density at radius 3 is 2.74 bits per heavy atom. The predicted octanol–water partition coefficient (Wildman–Crippen LogP) is 1.89. The summed E-state index contributed by atoms with van der Waals surface area (Å²) >= 11 is 0. The Morgan fingerprint density at radius 2 is 1.87 bits per heavy atom. The number of benzene rings is 2. The van der Waals surface area contributed by atoms with Crippen LogP contribution in [-0.2, 0) is 9.53 Å². The van der Waals surface area contributed by atoms with Crippen molar-refractivity contribution in [2.24, 2.45) is 4.99 Å². The number of esters is 1. The fraction of sp³-hybridized carbons (Fsp3) is 0.222. The summed E-state index contributed by atoms with van der Waals surface area (Å²) in [7, 11) is 0. The van der Waals surface area contributed by atoms with E-state index in [9.17, 15) is 4.79 Å². The standard InChI is InChI=1S/C18H17N3O2/c22-18-16(12-21-10-8-19-9-11-21)20-17(23-18)15-7-3-5-13-4-1-2-6-14(13)15/h1-7,12,19H,8-11H2. The van der Waals surface area contributed by atoms with Crippen LogP contribution >= 0.6 is 0 Å². The summed E-state index contributed by atoms with van der Waals surface area (Å²) in [4.78, 5) is 18.6. The highest BCUT2D eigenvalue weighted by molar-refractivity contribution is 6.16. The number of nitrogens with zero attached hydrogens (tertiary/aromatic N) is 2. The van der Waals surface area contributed by atoms with E-state index in [1.54, 1.807) is 6.20 Å². The Hall–Kier alpha value is -2.66. The van der Waals surface area contributed by atoms with Gasteiger partial charge in [0, 0.05) is 37.9 Å². The number of cyclic esters (lactones) is 1. The third-order valence-electron chi connectivity index (χ3n) is 4.10. The van der Waals surface area contributed by atoms with E-state index < -0.39 is 0 Å². The number of ether oxygens (including phenoxy) is 1. The molecule has 0 amide bonds. The van der Waals surface area contributed by atoms with Crippen LogP contribution in [0.15, 0.2) is 59.4 Å². The van der Waals surface area contributed by atoms with Crippen LogP contribution < -0.4 is 5.32 Å². The van der Waals surface area contributed by atoms with Gasteiger partial charge in [-0.3, -0.25) is 0 Å². The monoisotopic (exact) mass is 307 g/mol. The van der Waals surface area contributed by atoms with Crippen LogP contribution in [0, 0.1) is 0 Å². The van der Waals surface area contributed by atoms with Crippen molar-refractivity contribution in [3.8, 4) is 0 Å². The molecule has 2 aromatic rings. The number of piperazine rings is 1. The lowest BCUT2D eigenvalue weighted by Crippen LogP contribution is -2.40. The zero-order valence-corrected chi connectivity index (χ0v) is 12.7. The molecule has 5 heteroatoms. The number of nitrogens with one attached hydrogen (secondary N) is 1. The summed E-state index contributed by atoms with van der Waals surface area (Å²) < 4.78 is 5.41. The number of carbonyl (C=O) groups is 1. The molecule has 2 aliphatic heterocycles. The minimum absolute atomic E-state index is 0.370. The van der Waals surface area contributed by atoms with Crippen molar-refractivity contribution in [3.05, 3.63) is 59.9 Å². The largest absolute Gasteiger partial charge is 0.402 e. The first-order valence-electron chi connectivity index (χ1n) is 7.77. The maximum absolute atomic E-state index is 12.1. The molecule has 0 unspecified atom stereocenters. The van der Waals surface area contributed by atoms with Crippen LogP contribution in [0.1, 0.15) is 5.56 Å². The molecular formula is C18H17N3O2. The van der Waals surface area contributed by atoms with Gasteiger partial charge in [0.15, 0.2) is 5.70 Å². The van der Waals surface area contributed by atoms with Gasteiger partial charge in [0.2, 0.25) is 5.90 Å². The molecule has 116 valence electrons. The second-order valence-electron chi connectivity index (χ2n) is 5.63. The van der Waals surface area contributed by atoms with Crippen LogP contribution in [-0.4, -0.2) is 42.9 Å². The van der Waals surface area contributed by atoms with Gasteiger partial charge in [-0.1, -0.05) is 36.4 Å². The number of hydrogen-bond acceptors (Lipinski definition) is 5. The highest BCUT2D eigenvalue weighted by atomic mass is 16.6. The number of aliphatic imine (C=N–C) groups is 1. The second-order valence-corrected chi connectivity index (χ2v) is 5.63. The molecule has 0 aliphatic carbocycles. The Kier molecular flexibility index (Phi) is 3.55. The molecule has 1 fully saturated rings. The van der Waals surface area contributed by atoms with Gasteiger partial charge in [-0.2, -0.15) is 0 Å². The fourth-order valence-corrected chi connectivity index (χ4v) is 2.91. The summed E-state index contributed by atoms with van der Waals surface area (Å²) in [6.07, 6.45) is 1.81. The quantitative estimate of drug-likeness (QED) is 0.680. The molecule has 23 heavy (non-hydrogen) atoms. The number of rotatable bonds is 2. The van der Waals surface area contributed by atoms with Crippen LogP contribution in [0.5, 0.6) is 0 Å². The van der Waals surface area contributed by atoms with Crippen molar-refractivity contribution in [1.82, 2.24) is 10.2 Å². The van der Waals surface area contributed by atoms with E-state index in [-0.39, 0.29) is 5.97 Å². The Labute approximate surface area is 134 Å². The number of carbonyl (C=O) groups excluding carboxylic acids is 1. The molecule has 1 saturated heterocycles. The first kappa shape index (κ1) is 14.0. The summed E-state index contributed by atoms with van der Waals surface area (Å²) in [6, 6.07) is 13.9. The lowest BCUT2D eigenvalue weighted by Gasteiger charge is -2.25. The molecule has 0 bridgehead atoms. The van der Waals surface area contributed by atoms with Gasteiger partial charge in [-0.25, -0.2) is 9.79 Å². The Balaban J connectivity index is 1.70. The third kappa shape index (κ3) is 2.71. The molecule has 0 radical (unpaired) electrons. The van der Waals surface area contributed by atoms with E-state index in [0.717, 1.165) is 42.5 Å². The maximum atomic E-state index is 12.1. The molecule has 5 nitrogen and oxygen atoms in total. The van der Waals surface area contributed by atoms with Gasteiger partial charge in [0.1, 0.15) is 0 Å². The topological polar surface area (TPSA) is 53.9 Å². The van der Waals surface area contributed by atoms with Gasteiger partial charge in [0.05, 0.1) is 0 Å². The number of fused-ring (bicyclic) bond motifs is 1. The van der Waals surface area contributed by atoms with Gasteiger partial charge >= 0.3 is 5.97 Å². The highest BCUT2D eigenvalue weighted by Crippen LogP contribution is 2.24. The van der Waals surface area contributed by atoms with Crippen molar-refractivity contribution in [2.45, 2.75) is 0 Å². The molecule has 0 atom stereocenters. The minimum Gasteiger partial charge on any atom is -0.402 e. The Morgan fingerprint density at radius 1 is 1.09 bits per heavy atom. The van der Waals surface area contributed by atoms with E-state index in [1.807, 2.05) is 42.5 Å². The van der Waals surface area contributed by atoms with Crippen molar-refractivity contribution >= 4 is 22.6 Å². The van der Waals surface area contributed by atoms with Crippen LogP contribution in [0.2, 0.25) is 0 Å². The molecular weight excluding hydrogens is 290 g/mol. The van der Waals surface area contributed by atoms with Gasteiger partial charge in [-0.05, 0) is 16.8 Å². The van der Waals surface area contributed by atoms with E-state index in [0.29, 0.717) is 11.6 Å². The summed E-state index contributed by atoms with van der Waals surface area (Å²) in [5, 5.41) is 5.42.